The molecule has 0 amide bonds. The highest BCUT2D eigenvalue weighted by Crippen LogP contribution is 2.36. The molecule has 0 bridgehead atoms. The zero-order chi connectivity index (χ0) is 28.2. The number of carbonyl (C=O) groups excluding carboxylic acids is 1. The van der Waals surface area contributed by atoms with Crippen molar-refractivity contribution < 1.29 is 14.3 Å². The lowest BCUT2D eigenvalue weighted by Crippen LogP contribution is -2.39. The lowest BCUT2D eigenvalue weighted by molar-refractivity contribution is -0.113. The first-order valence-corrected chi connectivity index (χ1v) is 14.2. The largest absolute Gasteiger partial charge is 0.490 e. The van der Waals surface area contributed by atoms with Crippen LogP contribution in [0.4, 0.5) is 0 Å². The van der Waals surface area contributed by atoms with Crippen molar-refractivity contribution in [3.63, 3.8) is 0 Å². The highest BCUT2D eigenvalue weighted by Gasteiger charge is 2.32. The number of rotatable bonds is 8. The third-order valence-electron chi connectivity index (χ3n) is 6.33. The summed E-state index contributed by atoms with van der Waals surface area (Å²) in [6.45, 7) is 3.94. The number of ketones is 1. The number of ether oxygens (including phenoxy) is 2. The minimum Gasteiger partial charge on any atom is -0.490 e. The maximum Gasteiger partial charge on any atom is 0.271 e. The summed E-state index contributed by atoms with van der Waals surface area (Å²) >= 11 is 4.87. The Bertz CT molecular complexity index is 1830. The van der Waals surface area contributed by atoms with Crippen molar-refractivity contribution in [3.05, 3.63) is 119 Å². The van der Waals surface area contributed by atoms with Gasteiger partial charge in [0.2, 0.25) is 0 Å². The average Bonchev–Trinajstić information content (AvgIpc) is 3.28. The van der Waals surface area contributed by atoms with Crippen molar-refractivity contribution in [1.82, 2.24) is 4.57 Å². The standard InChI is InChI=1S/C32H25BrN2O4S/c1-4-16-39-26-19-24(33)23(17-25(26)38-5-2)18-27-31(37)35-30(22-14-10-7-11-15-22)28(20(3)36)29(34-32(35)40-27)21-12-8-6-9-13-21/h1,6-15,17-19,30H,5,16H2,2-3H3/t30-/m0/s1. The van der Waals surface area contributed by atoms with E-state index in [2.05, 4.69) is 21.9 Å². The number of hydrogen-bond acceptors (Lipinski definition) is 6. The number of Topliss-reactive ketones (excluding diaryl/α,β-unsaturated/α-hetero) is 1. The predicted molar refractivity (Wildman–Crippen MR) is 161 cm³/mol. The van der Waals surface area contributed by atoms with Crippen LogP contribution in [0.5, 0.6) is 11.5 Å². The average molecular weight is 614 g/mol. The summed E-state index contributed by atoms with van der Waals surface area (Å²) in [7, 11) is 0. The van der Waals surface area contributed by atoms with Crippen molar-refractivity contribution in [2.24, 2.45) is 4.99 Å². The van der Waals surface area contributed by atoms with Gasteiger partial charge < -0.3 is 9.47 Å². The molecule has 0 saturated heterocycles. The summed E-state index contributed by atoms with van der Waals surface area (Å²) < 4.78 is 14.2. The van der Waals surface area contributed by atoms with E-state index < -0.39 is 6.04 Å². The summed E-state index contributed by atoms with van der Waals surface area (Å²) in [4.78, 5) is 32.5. The molecule has 2 heterocycles. The van der Waals surface area contributed by atoms with Crippen LogP contribution in [0.2, 0.25) is 0 Å². The molecule has 0 spiro atoms. The maximum atomic E-state index is 14.0. The van der Waals surface area contributed by atoms with E-state index in [0.29, 0.717) is 43.2 Å². The smallest absolute Gasteiger partial charge is 0.271 e. The van der Waals surface area contributed by atoms with Gasteiger partial charge in [0, 0.05) is 15.6 Å². The molecule has 6 nitrogen and oxygen atoms in total. The summed E-state index contributed by atoms with van der Waals surface area (Å²) in [5.74, 6) is 3.34. The van der Waals surface area contributed by atoms with Crippen LogP contribution in [-0.4, -0.2) is 23.6 Å². The molecule has 1 aromatic heterocycles. The van der Waals surface area contributed by atoms with Gasteiger partial charge in [0.1, 0.15) is 6.61 Å². The first-order chi connectivity index (χ1) is 19.4. The minimum atomic E-state index is -0.616. The first kappa shape index (κ1) is 27.4. The molecule has 1 aliphatic rings. The van der Waals surface area contributed by atoms with Crippen LogP contribution in [0.25, 0.3) is 11.8 Å². The molecule has 1 atom stereocenters. The Morgan fingerprint density at radius 3 is 2.42 bits per heavy atom. The van der Waals surface area contributed by atoms with E-state index >= 15 is 0 Å². The van der Waals surface area contributed by atoms with Crippen molar-refractivity contribution in [2.75, 3.05) is 13.2 Å². The van der Waals surface area contributed by atoms with Crippen LogP contribution < -0.4 is 24.4 Å². The second-order valence-corrected chi connectivity index (χ2v) is 10.8. The van der Waals surface area contributed by atoms with Crippen molar-refractivity contribution in [1.29, 1.82) is 0 Å². The van der Waals surface area contributed by atoms with Crippen molar-refractivity contribution in [3.8, 4) is 23.8 Å². The van der Waals surface area contributed by atoms with Gasteiger partial charge in [-0.2, -0.15) is 0 Å². The van der Waals surface area contributed by atoms with Gasteiger partial charge in [0.05, 0.1) is 22.9 Å². The highest BCUT2D eigenvalue weighted by molar-refractivity contribution is 9.10. The van der Waals surface area contributed by atoms with E-state index in [1.165, 1.54) is 18.3 Å². The quantitative estimate of drug-likeness (QED) is 0.259. The van der Waals surface area contributed by atoms with Gasteiger partial charge in [-0.3, -0.25) is 14.2 Å². The Morgan fingerprint density at radius 2 is 1.77 bits per heavy atom. The molecule has 3 aromatic carbocycles. The predicted octanol–water partition coefficient (Wildman–Crippen LogP) is 5.13. The highest BCUT2D eigenvalue weighted by atomic mass is 79.9. The van der Waals surface area contributed by atoms with E-state index in [1.807, 2.05) is 73.7 Å². The number of halogens is 1. The number of nitrogens with zero attached hydrogens (tertiary/aromatic N) is 2. The molecule has 0 N–H and O–H groups in total. The Hall–Kier alpha value is -4.19. The number of hydrogen-bond donors (Lipinski definition) is 0. The van der Waals surface area contributed by atoms with Crippen LogP contribution in [-0.2, 0) is 4.79 Å². The fourth-order valence-electron chi connectivity index (χ4n) is 4.64. The fraction of sp³-hybridized carbons (Fsp3) is 0.156. The SMILES string of the molecule is C#CCOc1cc(Br)c(C=c2sc3n(c2=O)[C@@H](c2ccccc2)C(C(C)=O)=C(c2ccccc2)N=3)cc1OCC. The maximum absolute atomic E-state index is 14.0. The summed E-state index contributed by atoms with van der Waals surface area (Å²) in [5, 5.41) is 0. The zero-order valence-electron chi connectivity index (χ0n) is 21.9. The van der Waals surface area contributed by atoms with Crippen LogP contribution >= 0.6 is 27.3 Å². The van der Waals surface area contributed by atoms with E-state index in [1.54, 1.807) is 16.7 Å². The molecule has 0 fully saturated rings. The Labute approximate surface area is 244 Å². The van der Waals surface area contributed by atoms with Gasteiger partial charge in [-0.25, -0.2) is 4.99 Å². The second kappa shape index (κ2) is 11.9. The number of terminal acetylenes is 1. The van der Waals surface area contributed by atoms with Gasteiger partial charge in [-0.05, 0) is 43.2 Å². The Balaban J connectivity index is 1.75. The number of fused-ring (bicyclic) bond motifs is 1. The van der Waals surface area contributed by atoms with Crippen LogP contribution in [0, 0.1) is 12.3 Å². The van der Waals surface area contributed by atoms with Gasteiger partial charge in [0.15, 0.2) is 22.1 Å². The number of aromatic nitrogens is 1. The summed E-state index contributed by atoms with van der Waals surface area (Å²) in [5.41, 5.74) is 3.19. The topological polar surface area (TPSA) is 69.9 Å². The monoisotopic (exact) mass is 612 g/mol. The lowest BCUT2D eigenvalue weighted by atomic mass is 9.91. The molecule has 5 rings (SSSR count). The third-order valence-corrected chi connectivity index (χ3v) is 8.00. The molecule has 4 aromatic rings. The number of allylic oxidation sites excluding steroid dienone is 1. The Kier molecular flexibility index (Phi) is 8.15. The van der Waals surface area contributed by atoms with Crippen LogP contribution in [0.1, 0.15) is 36.6 Å². The van der Waals surface area contributed by atoms with Crippen molar-refractivity contribution in [2.45, 2.75) is 19.9 Å². The molecule has 1 aliphatic heterocycles. The summed E-state index contributed by atoms with van der Waals surface area (Å²) in [6, 6.07) is 22.1. The third kappa shape index (κ3) is 5.31. The van der Waals surface area contributed by atoms with Gasteiger partial charge >= 0.3 is 0 Å². The number of thiazole rings is 1. The van der Waals surface area contributed by atoms with Gasteiger partial charge in [-0.1, -0.05) is 93.9 Å². The molecule has 0 radical (unpaired) electrons. The Morgan fingerprint density at radius 1 is 1.10 bits per heavy atom. The van der Waals surface area contributed by atoms with E-state index in [-0.39, 0.29) is 17.9 Å². The molecule has 0 saturated carbocycles. The van der Waals surface area contributed by atoms with E-state index in [4.69, 9.17) is 20.9 Å². The van der Waals surface area contributed by atoms with E-state index in [0.717, 1.165) is 16.7 Å². The molecule has 0 unspecified atom stereocenters. The van der Waals surface area contributed by atoms with Gasteiger partial charge in [-0.15, -0.1) is 6.42 Å². The summed E-state index contributed by atoms with van der Waals surface area (Å²) in [6.07, 6.45) is 7.16. The molecular formula is C32H25BrN2O4S. The van der Waals surface area contributed by atoms with Crippen LogP contribution in [0.15, 0.2) is 92.6 Å². The van der Waals surface area contributed by atoms with Crippen molar-refractivity contribution >= 4 is 44.8 Å². The second-order valence-electron chi connectivity index (χ2n) is 8.92. The van der Waals surface area contributed by atoms with Crippen LogP contribution in [0.3, 0.4) is 0 Å². The molecule has 200 valence electrons. The normalized spacial score (nSPS) is 14.8. The molecule has 40 heavy (non-hydrogen) atoms. The fourth-order valence-corrected chi connectivity index (χ4v) is 6.07. The number of carbonyl (C=O) groups is 1. The first-order valence-electron chi connectivity index (χ1n) is 12.6. The zero-order valence-corrected chi connectivity index (χ0v) is 24.3. The van der Waals surface area contributed by atoms with Gasteiger partial charge in [0.25, 0.3) is 5.56 Å². The number of benzene rings is 3. The molecule has 8 heteroatoms. The molecular weight excluding hydrogens is 588 g/mol. The van der Waals surface area contributed by atoms with E-state index in [9.17, 15) is 9.59 Å². The molecule has 0 aliphatic carbocycles. The lowest BCUT2D eigenvalue weighted by Gasteiger charge is -2.25. The minimum absolute atomic E-state index is 0.103.